The van der Waals surface area contributed by atoms with E-state index in [2.05, 4.69) is 15.4 Å². The average Bonchev–Trinajstić information content (AvgIpc) is 3.06. The van der Waals surface area contributed by atoms with Gasteiger partial charge in [-0.2, -0.15) is 0 Å². The number of imidazole rings is 1. The van der Waals surface area contributed by atoms with E-state index >= 15 is 0 Å². The second-order valence-corrected chi connectivity index (χ2v) is 5.74. The highest BCUT2D eigenvalue weighted by Gasteiger charge is 2.29. The highest BCUT2D eigenvalue weighted by molar-refractivity contribution is 8.06. The second kappa shape index (κ2) is 5.43. The molecule has 3 heterocycles. The lowest BCUT2D eigenvalue weighted by atomic mass is 10.2. The summed E-state index contributed by atoms with van der Waals surface area (Å²) in [6.07, 6.45) is 6.80. The van der Waals surface area contributed by atoms with E-state index in [0.29, 0.717) is 5.82 Å². The van der Waals surface area contributed by atoms with Crippen molar-refractivity contribution in [1.29, 1.82) is 0 Å². The Morgan fingerprint density at radius 3 is 2.80 bits per heavy atom. The van der Waals surface area contributed by atoms with E-state index in [4.69, 9.17) is 0 Å². The Labute approximate surface area is 120 Å². The first-order valence-corrected chi connectivity index (χ1v) is 7.30. The lowest BCUT2D eigenvalue weighted by Gasteiger charge is -2.32. The minimum absolute atomic E-state index is 0.00192. The number of hydrazine groups is 2. The molecule has 0 unspecified atom stereocenters. The Kier molecular flexibility index (Phi) is 3.64. The van der Waals surface area contributed by atoms with E-state index in [1.165, 1.54) is 42.0 Å². The Morgan fingerprint density at radius 2 is 2.15 bits per heavy atom. The summed E-state index contributed by atoms with van der Waals surface area (Å²) < 4.78 is 3.48. The van der Waals surface area contributed by atoms with Crippen LogP contribution in [0, 0.1) is 10.1 Å². The summed E-state index contributed by atoms with van der Waals surface area (Å²) in [5, 5.41) is 13.1. The van der Waals surface area contributed by atoms with Crippen molar-refractivity contribution in [1.82, 2.24) is 24.5 Å². The van der Waals surface area contributed by atoms with Crippen molar-refractivity contribution in [2.75, 3.05) is 13.1 Å². The third kappa shape index (κ3) is 2.39. The third-order valence-corrected chi connectivity index (χ3v) is 4.46. The summed E-state index contributed by atoms with van der Waals surface area (Å²) in [4.78, 5) is 15.4. The van der Waals surface area contributed by atoms with E-state index in [-0.39, 0.29) is 5.82 Å². The van der Waals surface area contributed by atoms with Crippen LogP contribution in [-0.2, 0) is 7.05 Å². The number of rotatable bonds is 3. The first kappa shape index (κ1) is 13.4. The number of hydrogen-bond acceptors (Lipinski definition) is 7. The lowest BCUT2D eigenvalue weighted by Crippen LogP contribution is -2.45. The fraction of sp³-hybridized carbons (Fsp3) is 0.545. The average molecular weight is 296 g/mol. The van der Waals surface area contributed by atoms with Crippen LogP contribution in [0.4, 0.5) is 5.82 Å². The van der Waals surface area contributed by atoms with Crippen LogP contribution < -0.4 is 5.43 Å². The first-order chi connectivity index (χ1) is 9.66. The fourth-order valence-corrected chi connectivity index (χ4v) is 3.31. The molecule has 1 saturated heterocycles. The van der Waals surface area contributed by atoms with Crippen LogP contribution in [0.3, 0.4) is 0 Å². The topological polar surface area (TPSA) is 79.5 Å². The molecule has 9 heteroatoms. The monoisotopic (exact) mass is 296 g/mol. The zero-order chi connectivity index (χ0) is 14.1. The van der Waals surface area contributed by atoms with Crippen LogP contribution in [0.25, 0.3) is 4.91 Å². The fourth-order valence-electron chi connectivity index (χ4n) is 2.36. The Balaban J connectivity index is 1.72. The molecular weight excluding hydrogens is 280 g/mol. The van der Waals surface area contributed by atoms with Crippen molar-refractivity contribution in [2.24, 2.45) is 7.05 Å². The van der Waals surface area contributed by atoms with E-state index in [9.17, 15) is 10.1 Å². The molecule has 2 aliphatic rings. The standard InChI is InChI=1S/C11H16N6O2S/c1-14-10(16(18)19)8-12-11(14)9-7-13-17(20-9)15-5-3-2-4-6-15/h7-8,13H,2-6H2,1H3. The maximum atomic E-state index is 10.8. The largest absolute Gasteiger partial charge is 0.358 e. The van der Waals surface area contributed by atoms with Gasteiger partial charge in [-0.1, -0.05) is 10.9 Å². The van der Waals surface area contributed by atoms with E-state index in [0.717, 1.165) is 18.0 Å². The maximum absolute atomic E-state index is 10.8. The Bertz CT molecular complexity index is 551. The van der Waals surface area contributed by atoms with Crippen molar-refractivity contribution in [2.45, 2.75) is 19.3 Å². The van der Waals surface area contributed by atoms with Gasteiger partial charge in [0.05, 0.1) is 7.05 Å². The van der Waals surface area contributed by atoms with Crippen LogP contribution in [0.2, 0.25) is 0 Å². The molecule has 1 N–H and O–H groups in total. The minimum Gasteiger partial charge on any atom is -0.358 e. The summed E-state index contributed by atoms with van der Waals surface area (Å²) in [5.74, 6) is 0.603. The highest BCUT2D eigenvalue weighted by Crippen LogP contribution is 2.35. The van der Waals surface area contributed by atoms with Gasteiger partial charge in [0.2, 0.25) is 5.82 Å². The van der Waals surface area contributed by atoms with Gasteiger partial charge < -0.3 is 15.5 Å². The van der Waals surface area contributed by atoms with Gasteiger partial charge in [0, 0.05) is 31.2 Å². The Morgan fingerprint density at radius 1 is 1.40 bits per heavy atom. The Hall–Kier alpha value is -1.58. The molecule has 0 radical (unpaired) electrons. The lowest BCUT2D eigenvalue weighted by molar-refractivity contribution is -0.391. The van der Waals surface area contributed by atoms with Crippen molar-refractivity contribution in [3.05, 3.63) is 28.3 Å². The van der Waals surface area contributed by atoms with Crippen LogP contribution in [0.1, 0.15) is 25.1 Å². The van der Waals surface area contributed by atoms with Gasteiger partial charge in [-0.25, -0.2) is 14.6 Å². The van der Waals surface area contributed by atoms with Crippen LogP contribution in [-0.4, -0.2) is 37.1 Å². The predicted octanol–water partition coefficient (Wildman–Crippen LogP) is 1.50. The molecule has 0 atom stereocenters. The molecule has 0 aromatic carbocycles. The summed E-state index contributed by atoms with van der Waals surface area (Å²) >= 11 is 1.51. The molecule has 0 saturated carbocycles. The quantitative estimate of drug-likeness (QED) is 0.514. The molecule has 1 fully saturated rings. The molecule has 0 aliphatic carbocycles. The molecule has 0 spiro atoms. The molecule has 0 bridgehead atoms. The molecule has 3 rings (SSSR count). The van der Waals surface area contributed by atoms with Crippen LogP contribution in [0.15, 0.2) is 12.4 Å². The normalized spacial score (nSPS) is 20.8. The molecule has 1 aromatic rings. The van der Waals surface area contributed by atoms with Crippen LogP contribution >= 0.6 is 11.9 Å². The number of piperidine rings is 1. The zero-order valence-corrected chi connectivity index (χ0v) is 12.0. The predicted molar refractivity (Wildman–Crippen MR) is 75.8 cm³/mol. The van der Waals surface area contributed by atoms with Gasteiger partial charge in [0.15, 0.2) is 0 Å². The first-order valence-electron chi connectivity index (χ1n) is 6.52. The number of nitrogens with one attached hydrogen (secondary N) is 1. The number of hydrogen-bond donors (Lipinski definition) is 1. The smallest absolute Gasteiger partial charge is 0.342 e. The van der Waals surface area contributed by atoms with E-state index in [1.54, 1.807) is 7.05 Å². The van der Waals surface area contributed by atoms with Gasteiger partial charge >= 0.3 is 5.82 Å². The highest BCUT2D eigenvalue weighted by atomic mass is 32.2. The van der Waals surface area contributed by atoms with Crippen molar-refractivity contribution in [3.8, 4) is 0 Å². The van der Waals surface area contributed by atoms with Gasteiger partial charge in [-0.15, -0.1) is 0 Å². The van der Waals surface area contributed by atoms with Crippen LogP contribution in [0.5, 0.6) is 0 Å². The molecule has 0 amide bonds. The summed E-state index contributed by atoms with van der Waals surface area (Å²) in [6.45, 7) is 2.06. The molecule has 108 valence electrons. The molecule has 8 nitrogen and oxygen atoms in total. The number of nitrogens with zero attached hydrogens (tertiary/aromatic N) is 5. The molecule has 2 aliphatic heterocycles. The molecule has 20 heavy (non-hydrogen) atoms. The second-order valence-electron chi connectivity index (χ2n) is 4.77. The molecular formula is C11H16N6O2S. The zero-order valence-electron chi connectivity index (χ0n) is 11.2. The van der Waals surface area contributed by atoms with Gasteiger partial charge in [0.25, 0.3) is 0 Å². The summed E-state index contributed by atoms with van der Waals surface area (Å²) in [7, 11) is 1.66. The van der Waals surface area contributed by atoms with Crippen molar-refractivity contribution >= 4 is 22.7 Å². The molecule has 1 aromatic heterocycles. The van der Waals surface area contributed by atoms with Crippen molar-refractivity contribution < 1.29 is 4.92 Å². The third-order valence-electron chi connectivity index (χ3n) is 3.45. The number of nitro groups is 1. The van der Waals surface area contributed by atoms with E-state index in [1.807, 2.05) is 10.7 Å². The summed E-state index contributed by atoms with van der Waals surface area (Å²) in [6, 6.07) is 0. The van der Waals surface area contributed by atoms with Gasteiger partial charge in [0.1, 0.15) is 11.1 Å². The maximum Gasteiger partial charge on any atom is 0.342 e. The van der Waals surface area contributed by atoms with Crippen molar-refractivity contribution in [3.63, 3.8) is 0 Å². The summed E-state index contributed by atoms with van der Waals surface area (Å²) in [5.41, 5.74) is 3.18. The number of aromatic nitrogens is 2. The SMILES string of the molecule is Cn1c([N+](=O)[O-])cnc1C1=CNN(N2CCCCC2)S1. The van der Waals surface area contributed by atoms with E-state index < -0.39 is 4.92 Å². The van der Waals surface area contributed by atoms with Gasteiger partial charge in [-0.05, 0) is 17.8 Å². The van der Waals surface area contributed by atoms with Gasteiger partial charge in [-0.3, -0.25) is 0 Å². The minimum atomic E-state index is -0.424.